The van der Waals surface area contributed by atoms with Crippen molar-refractivity contribution in [3.05, 3.63) is 89.2 Å². The largest absolute Gasteiger partial charge is 0.326 e. The molecule has 0 unspecified atom stereocenters. The molecule has 0 spiro atoms. The molecule has 0 saturated heterocycles. The van der Waals surface area contributed by atoms with E-state index in [1.54, 1.807) is 6.20 Å². The van der Waals surface area contributed by atoms with Crippen LogP contribution in [0.1, 0.15) is 51.8 Å². The number of aromatic amines is 1. The van der Waals surface area contributed by atoms with Gasteiger partial charge in [0.15, 0.2) is 0 Å². The quantitative estimate of drug-likeness (QED) is 0.305. The maximum absolute atomic E-state index is 12.9. The molecular weight excluding hydrogens is 446 g/mol. The number of aromatic nitrogens is 4. The van der Waals surface area contributed by atoms with E-state index >= 15 is 0 Å². The van der Waals surface area contributed by atoms with Crippen molar-refractivity contribution in [1.29, 1.82) is 0 Å². The minimum atomic E-state index is -0.123. The van der Waals surface area contributed by atoms with Crippen LogP contribution >= 0.6 is 0 Å². The smallest absolute Gasteiger partial charge is 0.274 e. The van der Waals surface area contributed by atoms with Gasteiger partial charge in [-0.25, -0.2) is 9.97 Å². The average Bonchev–Trinajstić information content (AvgIpc) is 3.29. The zero-order valence-electron chi connectivity index (χ0n) is 21.2. The van der Waals surface area contributed by atoms with Crippen molar-refractivity contribution in [2.75, 3.05) is 6.54 Å². The van der Waals surface area contributed by atoms with Gasteiger partial charge in [-0.15, -0.1) is 0 Å². The minimum Gasteiger partial charge on any atom is -0.326 e. The molecule has 1 saturated carbocycles. The molecule has 1 aliphatic rings. The van der Waals surface area contributed by atoms with Crippen molar-refractivity contribution in [2.45, 2.75) is 52.0 Å². The van der Waals surface area contributed by atoms with Crippen molar-refractivity contribution < 1.29 is 0 Å². The normalized spacial score (nSPS) is 17.0. The van der Waals surface area contributed by atoms with Crippen LogP contribution in [0, 0.1) is 0 Å². The number of nitrogens with zero attached hydrogens (tertiary/aromatic N) is 3. The standard InChI is InChI=1S/C28H27N5O.C2H6/c1-2-12-29-22-15-21(16-22)27-32-25(26-28(34)30-13-14-33(26)27)20-9-8-19-10-11-23(31-24(19)17-20)18-6-4-3-5-7-18;1-2/h3-11,13-14,17,21-22,29H,2,12,15-16H2,1H3,(H,30,34);1-2H3. The van der Waals surface area contributed by atoms with E-state index in [1.165, 1.54) is 0 Å². The summed E-state index contributed by atoms with van der Waals surface area (Å²) in [6, 6.07) is 21.0. The third-order valence-electron chi connectivity index (χ3n) is 6.81. The van der Waals surface area contributed by atoms with Gasteiger partial charge in [0, 0.05) is 40.9 Å². The third kappa shape index (κ3) is 4.44. The van der Waals surface area contributed by atoms with E-state index in [4.69, 9.17) is 9.97 Å². The summed E-state index contributed by atoms with van der Waals surface area (Å²) in [7, 11) is 0. The van der Waals surface area contributed by atoms with Crippen molar-refractivity contribution in [2.24, 2.45) is 0 Å². The summed E-state index contributed by atoms with van der Waals surface area (Å²) in [5.74, 6) is 1.32. The number of imidazole rings is 1. The summed E-state index contributed by atoms with van der Waals surface area (Å²) in [5, 5.41) is 4.65. The molecule has 184 valence electrons. The molecular formula is C30H33N5O. The van der Waals surface area contributed by atoms with Gasteiger partial charge in [0.2, 0.25) is 0 Å². The van der Waals surface area contributed by atoms with Crippen LogP contribution in [0.25, 0.3) is 38.9 Å². The third-order valence-corrected chi connectivity index (χ3v) is 6.81. The molecule has 0 amide bonds. The molecule has 0 bridgehead atoms. The van der Waals surface area contributed by atoms with Crippen LogP contribution in [0.3, 0.4) is 0 Å². The first kappa shape index (κ1) is 23.9. The molecule has 3 aromatic heterocycles. The molecule has 3 heterocycles. The van der Waals surface area contributed by atoms with Crippen LogP contribution in [0.2, 0.25) is 0 Å². The van der Waals surface area contributed by atoms with Crippen LogP contribution in [-0.2, 0) is 0 Å². The molecule has 6 nitrogen and oxygen atoms in total. The molecule has 2 N–H and O–H groups in total. The fourth-order valence-electron chi connectivity index (χ4n) is 4.94. The van der Waals surface area contributed by atoms with Gasteiger partial charge >= 0.3 is 0 Å². The highest BCUT2D eigenvalue weighted by Crippen LogP contribution is 2.38. The lowest BCUT2D eigenvalue weighted by Gasteiger charge is -2.35. The topological polar surface area (TPSA) is 75.1 Å². The number of hydrogen-bond donors (Lipinski definition) is 2. The van der Waals surface area contributed by atoms with E-state index in [0.29, 0.717) is 17.5 Å². The lowest BCUT2D eigenvalue weighted by molar-refractivity contribution is 0.282. The first-order valence-electron chi connectivity index (χ1n) is 13.0. The van der Waals surface area contributed by atoms with E-state index in [0.717, 1.165) is 65.0 Å². The van der Waals surface area contributed by atoms with Crippen LogP contribution in [0.4, 0.5) is 0 Å². The molecule has 2 aromatic carbocycles. The Labute approximate surface area is 211 Å². The van der Waals surface area contributed by atoms with Gasteiger partial charge in [-0.3, -0.25) is 9.20 Å². The number of pyridine rings is 1. The van der Waals surface area contributed by atoms with Gasteiger partial charge in [0.1, 0.15) is 17.0 Å². The van der Waals surface area contributed by atoms with E-state index < -0.39 is 0 Å². The maximum atomic E-state index is 12.9. The Hall–Kier alpha value is -3.77. The average molecular weight is 480 g/mol. The second-order valence-electron chi connectivity index (χ2n) is 9.12. The van der Waals surface area contributed by atoms with Gasteiger partial charge in [-0.1, -0.05) is 69.3 Å². The van der Waals surface area contributed by atoms with Crippen LogP contribution < -0.4 is 10.9 Å². The number of fused-ring (bicyclic) bond motifs is 2. The number of hydrogen-bond acceptors (Lipinski definition) is 4. The Bertz CT molecular complexity index is 1530. The molecule has 36 heavy (non-hydrogen) atoms. The molecule has 0 aliphatic heterocycles. The van der Waals surface area contributed by atoms with E-state index in [1.807, 2.05) is 60.8 Å². The first-order chi connectivity index (χ1) is 17.7. The second kappa shape index (κ2) is 10.5. The summed E-state index contributed by atoms with van der Waals surface area (Å²) in [5.41, 5.74) is 5.00. The SMILES string of the molecule is CC.CCCNC1CC(c2nc(-c3ccc4ccc(-c5ccccc5)nc4c3)c3c(=O)[nH]ccn23)C1. The van der Waals surface area contributed by atoms with Gasteiger partial charge in [0.05, 0.1) is 11.2 Å². The van der Waals surface area contributed by atoms with E-state index in [2.05, 4.69) is 41.5 Å². The predicted octanol–water partition coefficient (Wildman–Crippen LogP) is 6.18. The zero-order valence-corrected chi connectivity index (χ0v) is 21.2. The Morgan fingerprint density at radius 1 is 1.00 bits per heavy atom. The monoisotopic (exact) mass is 479 g/mol. The van der Waals surface area contributed by atoms with E-state index in [-0.39, 0.29) is 5.56 Å². The fourth-order valence-corrected chi connectivity index (χ4v) is 4.94. The number of H-pyrrole nitrogens is 1. The number of nitrogens with one attached hydrogen (secondary N) is 2. The summed E-state index contributed by atoms with van der Waals surface area (Å²) in [4.78, 5) is 25.7. The summed E-state index contributed by atoms with van der Waals surface area (Å²) < 4.78 is 1.98. The maximum Gasteiger partial charge on any atom is 0.274 e. The minimum absolute atomic E-state index is 0.123. The van der Waals surface area contributed by atoms with Gasteiger partial charge in [-0.2, -0.15) is 0 Å². The lowest BCUT2D eigenvalue weighted by Crippen LogP contribution is -2.41. The Kier molecular flexibility index (Phi) is 6.96. The summed E-state index contributed by atoms with van der Waals surface area (Å²) in [6.07, 6.45) is 6.84. The molecule has 6 rings (SSSR count). The van der Waals surface area contributed by atoms with Crippen molar-refractivity contribution in [3.63, 3.8) is 0 Å². The Morgan fingerprint density at radius 3 is 2.56 bits per heavy atom. The van der Waals surface area contributed by atoms with Gasteiger partial charge in [0.25, 0.3) is 5.56 Å². The fraction of sp³-hybridized carbons (Fsp3) is 0.300. The number of benzene rings is 2. The van der Waals surface area contributed by atoms with Gasteiger partial charge < -0.3 is 10.3 Å². The van der Waals surface area contributed by atoms with Crippen molar-refractivity contribution in [1.82, 2.24) is 24.7 Å². The second-order valence-corrected chi connectivity index (χ2v) is 9.12. The summed E-state index contributed by atoms with van der Waals surface area (Å²) >= 11 is 0. The van der Waals surface area contributed by atoms with Crippen molar-refractivity contribution >= 4 is 16.4 Å². The highest BCUT2D eigenvalue weighted by Gasteiger charge is 2.34. The highest BCUT2D eigenvalue weighted by molar-refractivity contribution is 5.88. The Morgan fingerprint density at radius 2 is 1.78 bits per heavy atom. The first-order valence-corrected chi connectivity index (χ1v) is 13.0. The van der Waals surface area contributed by atoms with Crippen LogP contribution in [0.5, 0.6) is 0 Å². The molecule has 0 radical (unpaired) electrons. The molecule has 6 heteroatoms. The van der Waals surface area contributed by atoms with Crippen LogP contribution in [0.15, 0.2) is 77.9 Å². The lowest BCUT2D eigenvalue weighted by atomic mass is 9.79. The van der Waals surface area contributed by atoms with Crippen LogP contribution in [-0.4, -0.2) is 31.9 Å². The Balaban J connectivity index is 0.00000130. The summed E-state index contributed by atoms with van der Waals surface area (Å²) in [6.45, 7) is 7.23. The molecule has 1 aliphatic carbocycles. The number of rotatable bonds is 6. The highest BCUT2D eigenvalue weighted by atomic mass is 16.1. The van der Waals surface area contributed by atoms with Gasteiger partial charge in [-0.05, 0) is 37.9 Å². The molecule has 5 aromatic rings. The molecule has 1 fully saturated rings. The molecule has 0 atom stereocenters. The van der Waals surface area contributed by atoms with E-state index in [9.17, 15) is 4.79 Å². The van der Waals surface area contributed by atoms with Crippen molar-refractivity contribution in [3.8, 4) is 22.5 Å². The zero-order chi connectivity index (χ0) is 25.1. The predicted molar refractivity (Wildman–Crippen MR) is 147 cm³/mol.